The minimum Gasteiger partial charge on any atom is -0.469 e. The normalized spacial score (nSPS) is 14.1. The van der Waals surface area contributed by atoms with Crippen LogP contribution in [0.2, 0.25) is 0 Å². The Hall–Kier alpha value is -1.90. The van der Waals surface area contributed by atoms with Gasteiger partial charge in [-0.2, -0.15) is 0 Å². The Morgan fingerprint density at radius 2 is 2.24 bits per heavy atom. The van der Waals surface area contributed by atoms with Crippen LogP contribution in [0.25, 0.3) is 6.08 Å². The van der Waals surface area contributed by atoms with Crippen molar-refractivity contribution in [1.82, 2.24) is 0 Å². The van der Waals surface area contributed by atoms with Gasteiger partial charge in [-0.3, -0.25) is 9.59 Å². The summed E-state index contributed by atoms with van der Waals surface area (Å²) in [6.45, 7) is 0. The average Bonchev–Trinajstić information content (AvgIpc) is 2.71. The molecule has 0 saturated carbocycles. The smallest absolute Gasteiger partial charge is 0.309 e. The fraction of sp³-hybridized carbons (Fsp3) is 0.286. The second-order valence-electron chi connectivity index (χ2n) is 4.02. The van der Waals surface area contributed by atoms with Gasteiger partial charge in [0, 0.05) is 12.0 Å². The molecule has 0 bridgehead atoms. The molecule has 2 rings (SSSR count). The van der Waals surface area contributed by atoms with Crippen LogP contribution >= 0.6 is 0 Å². The van der Waals surface area contributed by atoms with Gasteiger partial charge in [-0.15, -0.1) is 0 Å². The molecule has 0 fully saturated rings. The molecular weight excluding hydrogens is 216 g/mol. The number of rotatable bonds is 3. The number of hydrogen-bond acceptors (Lipinski definition) is 3. The number of methoxy groups -OCH3 is 1. The highest BCUT2D eigenvalue weighted by Gasteiger charge is 2.18. The van der Waals surface area contributed by atoms with E-state index in [9.17, 15) is 9.59 Å². The molecular formula is C14H14O3. The number of hydrogen-bond donors (Lipinski definition) is 0. The number of aryl methyl sites for hydroxylation is 1. The van der Waals surface area contributed by atoms with Crippen LogP contribution in [0.4, 0.5) is 0 Å². The minimum atomic E-state index is -0.265. The lowest BCUT2D eigenvalue weighted by Gasteiger charge is -1.99. The van der Waals surface area contributed by atoms with E-state index in [0.29, 0.717) is 6.42 Å². The van der Waals surface area contributed by atoms with E-state index in [2.05, 4.69) is 4.74 Å². The molecule has 0 amide bonds. The molecule has 1 aliphatic rings. The van der Waals surface area contributed by atoms with Gasteiger partial charge < -0.3 is 4.74 Å². The molecule has 0 unspecified atom stereocenters. The quantitative estimate of drug-likeness (QED) is 0.749. The van der Waals surface area contributed by atoms with Crippen molar-refractivity contribution in [2.24, 2.45) is 0 Å². The third-order valence-corrected chi connectivity index (χ3v) is 2.88. The molecule has 3 nitrogen and oxygen atoms in total. The first-order valence-corrected chi connectivity index (χ1v) is 5.60. The predicted octanol–water partition coefficient (Wildman–Crippen LogP) is 2.39. The largest absolute Gasteiger partial charge is 0.469 e. The number of fused-ring (bicyclic) bond motifs is 1. The second kappa shape index (κ2) is 4.95. The van der Waals surface area contributed by atoms with Crippen molar-refractivity contribution in [3.8, 4) is 0 Å². The van der Waals surface area contributed by atoms with Crippen molar-refractivity contribution < 1.29 is 14.3 Å². The highest BCUT2D eigenvalue weighted by Crippen LogP contribution is 2.23. The van der Waals surface area contributed by atoms with Crippen LogP contribution in [0.3, 0.4) is 0 Å². The molecule has 3 heteroatoms. The Labute approximate surface area is 100 Å². The average molecular weight is 230 g/mol. The predicted molar refractivity (Wildman–Crippen MR) is 64.8 cm³/mol. The van der Waals surface area contributed by atoms with Crippen molar-refractivity contribution in [2.75, 3.05) is 7.11 Å². The van der Waals surface area contributed by atoms with E-state index < -0.39 is 0 Å². The van der Waals surface area contributed by atoms with E-state index in [-0.39, 0.29) is 18.2 Å². The van der Waals surface area contributed by atoms with Crippen molar-refractivity contribution in [3.05, 3.63) is 41.0 Å². The van der Waals surface area contributed by atoms with Gasteiger partial charge in [0.25, 0.3) is 0 Å². The van der Waals surface area contributed by atoms with Crippen LogP contribution in [0.15, 0.2) is 24.3 Å². The van der Waals surface area contributed by atoms with E-state index in [1.807, 2.05) is 24.3 Å². The number of benzene rings is 1. The molecule has 0 radical (unpaired) electrons. The summed E-state index contributed by atoms with van der Waals surface area (Å²) in [6.07, 6.45) is 5.29. The molecule has 0 heterocycles. The lowest BCUT2D eigenvalue weighted by atomic mass is 10.1. The van der Waals surface area contributed by atoms with Crippen LogP contribution in [-0.4, -0.2) is 18.9 Å². The van der Waals surface area contributed by atoms with Gasteiger partial charge in [0.2, 0.25) is 0 Å². The zero-order valence-corrected chi connectivity index (χ0v) is 9.73. The Morgan fingerprint density at radius 1 is 1.41 bits per heavy atom. The molecule has 17 heavy (non-hydrogen) atoms. The van der Waals surface area contributed by atoms with E-state index in [4.69, 9.17) is 0 Å². The van der Waals surface area contributed by atoms with Crippen molar-refractivity contribution in [3.63, 3.8) is 0 Å². The fourth-order valence-corrected chi connectivity index (χ4v) is 1.93. The van der Waals surface area contributed by atoms with Gasteiger partial charge >= 0.3 is 5.97 Å². The summed E-state index contributed by atoms with van der Waals surface area (Å²) in [5.74, 6) is -0.0540. The number of ketones is 1. The summed E-state index contributed by atoms with van der Waals surface area (Å²) in [7, 11) is 1.37. The third-order valence-electron chi connectivity index (χ3n) is 2.88. The number of Topliss-reactive ketones (excluding diaryl/α,β-unsaturated/α-hetero) is 1. The molecule has 0 saturated heterocycles. The Kier molecular flexibility index (Phi) is 3.38. The van der Waals surface area contributed by atoms with Gasteiger partial charge in [0.1, 0.15) is 0 Å². The Bertz CT molecular complexity index is 486. The molecule has 88 valence electrons. The van der Waals surface area contributed by atoms with Gasteiger partial charge in [-0.25, -0.2) is 0 Å². The molecule has 1 aromatic carbocycles. The third kappa shape index (κ3) is 2.61. The monoisotopic (exact) mass is 230 g/mol. The lowest BCUT2D eigenvalue weighted by molar-refractivity contribution is -0.139. The van der Waals surface area contributed by atoms with Crippen LogP contribution in [0, 0.1) is 0 Å². The highest BCUT2D eigenvalue weighted by molar-refractivity contribution is 6.00. The summed E-state index contributed by atoms with van der Waals surface area (Å²) in [6, 6.07) is 5.84. The molecule has 1 aliphatic carbocycles. The Morgan fingerprint density at radius 3 is 3.00 bits per heavy atom. The summed E-state index contributed by atoms with van der Waals surface area (Å²) in [5, 5.41) is 0. The van der Waals surface area contributed by atoms with Gasteiger partial charge in [-0.05, 0) is 23.6 Å². The summed E-state index contributed by atoms with van der Waals surface area (Å²) in [5.41, 5.74) is 2.90. The summed E-state index contributed by atoms with van der Waals surface area (Å²) < 4.78 is 4.53. The first-order chi connectivity index (χ1) is 8.20. The van der Waals surface area contributed by atoms with Gasteiger partial charge in [0.05, 0.1) is 13.5 Å². The molecule has 0 aliphatic heterocycles. The summed E-state index contributed by atoms with van der Waals surface area (Å²) in [4.78, 5) is 22.5. The number of ether oxygens (including phenoxy) is 1. The maximum Gasteiger partial charge on any atom is 0.309 e. The fourth-order valence-electron chi connectivity index (χ4n) is 1.93. The molecule has 1 aromatic rings. The van der Waals surface area contributed by atoms with Gasteiger partial charge in [0.15, 0.2) is 5.78 Å². The highest BCUT2D eigenvalue weighted by atomic mass is 16.5. The van der Waals surface area contributed by atoms with Crippen molar-refractivity contribution in [2.45, 2.75) is 19.3 Å². The van der Waals surface area contributed by atoms with Crippen LogP contribution in [0.1, 0.15) is 34.3 Å². The maximum absolute atomic E-state index is 11.5. The molecule has 0 aromatic heterocycles. The standard InChI is InChI=1S/C14H14O3/c1-17-14(16)4-2-3-10-5-6-11-7-8-13(15)12(11)9-10/h2-3,5-6,9H,4,7-8H2,1H3. The first kappa shape index (κ1) is 11.6. The van der Waals surface area contributed by atoms with Crippen LogP contribution in [-0.2, 0) is 16.0 Å². The van der Waals surface area contributed by atoms with E-state index in [1.54, 1.807) is 6.08 Å². The second-order valence-corrected chi connectivity index (χ2v) is 4.02. The van der Waals surface area contributed by atoms with Crippen molar-refractivity contribution in [1.29, 1.82) is 0 Å². The topological polar surface area (TPSA) is 43.4 Å². The first-order valence-electron chi connectivity index (χ1n) is 5.60. The van der Waals surface area contributed by atoms with E-state index in [1.165, 1.54) is 7.11 Å². The maximum atomic E-state index is 11.5. The molecule has 0 atom stereocenters. The minimum absolute atomic E-state index is 0.211. The Balaban J connectivity index is 2.10. The number of carbonyl (C=O) groups excluding carboxylic acids is 2. The number of esters is 1. The lowest BCUT2D eigenvalue weighted by Crippen LogP contribution is -1.96. The molecule has 0 spiro atoms. The summed E-state index contributed by atoms with van der Waals surface area (Å²) >= 11 is 0. The number of carbonyl (C=O) groups is 2. The van der Waals surface area contributed by atoms with E-state index in [0.717, 1.165) is 23.1 Å². The zero-order valence-electron chi connectivity index (χ0n) is 9.73. The van der Waals surface area contributed by atoms with Gasteiger partial charge in [-0.1, -0.05) is 24.3 Å². The molecule has 0 N–H and O–H groups in total. The zero-order chi connectivity index (χ0) is 12.3. The van der Waals surface area contributed by atoms with Crippen LogP contribution < -0.4 is 0 Å². The van der Waals surface area contributed by atoms with E-state index >= 15 is 0 Å². The SMILES string of the molecule is COC(=O)CC=Cc1ccc2c(c1)C(=O)CC2. The van der Waals surface area contributed by atoms with Crippen LogP contribution in [0.5, 0.6) is 0 Å². The van der Waals surface area contributed by atoms with Crippen molar-refractivity contribution >= 4 is 17.8 Å².